The van der Waals surface area contributed by atoms with Crippen LogP contribution in [0.3, 0.4) is 0 Å². The number of methoxy groups -OCH3 is 1. The molecular formula is C22H22ClN5O3S. The van der Waals surface area contributed by atoms with E-state index in [1.165, 1.54) is 11.8 Å². The second-order valence-corrected chi connectivity index (χ2v) is 7.97. The normalized spacial score (nSPS) is 10.4. The molecule has 0 atom stereocenters. The van der Waals surface area contributed by atoms with Gasteiger partial charge in [0.1, 0.15) is 11.6 Å². The third-order valence-electron chi connectivity index (χ3n) is 4.26. The van der Waals surface area contributed by atoms with E-state index in [4.69, 9.17) is 16.3 Å². The Hall–Kier alpha value is -3.30. The van der Waals surface area contributed by atoms with E-state index in [1.807, 2.05) is 0 Å². The molecule has 10 heteroatoms. The van der Waals surface area contributed by atoms with E-state index in [0.29, 0.717) is 39.7 Å². The third-order valence-corrected chi connectivity index (χ3v) is 5.48. The number of hydrogen-bond donors (Lipinski definition) is 2. The second-order valence-electron chi connectivity index (χ2n) is 6.60. The van der Waals surface area contributed by atoms with E-state index in [0.717, 1.165) is 0 Å². The minimum absolute atomic E-state index is 0.0298. The highest BCUT2D eigenvalue weighted by Crippen LogP contribution is 2.20. The van der Waals surface area contributed by atoms with Crippen LogP contribution in [0.25, 0.3) is 0 Å². The number of amides is 2. The molecule has 0 saturated carbocycles. The zero-order valence-electron chi connectivity index (χ0n) is 17.4. The van der Waals surface area contributed by atoms with E-state index in [-0.39, 0.29) is 24.0 Å². The lowest BCUT2D eigenvalue weighted by Crippen LogP contribution is -2.18. The molecule has 0 bridgehead atoms. The highest BCUT2D eigenvalue weighted by molar-refractivity contribution is 7.99. The minimum atomic E-state index is -0.237. The molecule has 1 heterocycles. The molecule has 166 valence electrons. The van der Waals surface area contributed by atoms with E-state index in [2.05, 4.69) is 27.4 Å². The van der Waals surface area contributed by atoms with Crippen LogP contribution in [-0.4, -0.2) is 39.4 Å². The molecule has 1 aromatic heterocycles. The summed E-state index contributed by atoms with van der Waals surface area (Å²) in [6, 6.07) is 13.9. The Balaban J connectivity index is 1.59. The fourth-order valence-electron chi connectivity index (χ4n) is 2.75. The van der Waals surface area contributed by atoms with Crippen molar-refractivity contribution in [3.8, 4) is 5.75 Å². The van der Waals surface area contributed by atoms with Crippen LogP contribution in [0.2, 0.25) is 5.02 Å². The predicted octanol–water partition coefficient (Wildman–Crippen LogP) is 4.04. The van der Waals surface area contributed by atoms with Gasteiger partial charge in [0.15, 0.2) is 5.16 Å². The summed E-state index contributed by atoms with van der Waals surface area (Å²) < 4.78 is 6.87. The van der Waals surface area contributed by atoms with E-state index < -0.39 is 0 Å². The van der Waals surface area contributed by atoms with Gasteiger partial charge in [-0.25, -0.2) is 0 Å². The summed E-state index contributed by atoms with van der Waals surface area (Å²) in [5.41, 5.74) is 1.31. The summed E-state index contributed by atoms with van der Waals surface area (Å²) >= 11 is 7.10. The van der Waals surface area contributed by atoms with Gasteiger partial charge in [-0.1, -0.05) is 29.4 Å². The van der Waals surface area contributed by atoms with Crippen molar-refractivity contribution in [3.63, 3.8) is 0 Å². The summed E-state index contributed by atoms with van der Waals surface area (Å²) in [5.74, 6) is 0.907. The number of benzene rings is 2. The van der Waals surface area contributed by atoms with Gasteiger partial charge in [-0.2, -0.15) is 0 Å². The van der Waals surface area contributed by atoms with Gasteiger partial charge in [0.2, 0.25) is 11.8 Å². The lowest BCUT2D eigenvalue weighted by Gasteiger charge is -2.09. The zero-order chi connectivity index (χ0) is 22.9. The predicted molar refractivity (Wildman–Crippen MR) is 126 cm³/mol. The van der Waals surface area contributed by atoms with Crippen molar-refractivity contribution in [2.45, 2.75) is 18.1 Å². The van der Waals surface area contributed by atoms with Crippen molar-refractivity contribution in [2.24, 2.45) is 0 Å². The van der Waals surface area contributed by atoms with Crippen molar-refractivity contribution in [1.29, 1.82) is 0 Å². The number of carbonyl (C=O) groups excluding carboxylic acids is 2. The second kappa shape index (κ2) is 11.4. The minimum Gasteiger partial charge on any atom is -0.497 e. The molecule has 0 saturated heterocycles. The number of rotatable bonds is 10. The molecule has 8 nitrogen and oxygen atoms in total. The van der Waals surface area contributed by atoms with Gasteiger partial charge < -0.3 is 19.9 Å². The molecule has 0 radical (unpaired) electrons. The first-order valence-corrected chi connectivity index (χ1v) is 11.0. The van der Waals surface area contributed by atoms with Gasteiger partial charge in [-0.3, -0.25) is 9.59 Å². The van der Waals surface area contributed by atoms with Crippen LogP contribution in [0, 0.1) is 0 Å². The van der Waals surface area contributed by atoms with Gasteiger partial charge in [0.25, 0.3) is 0 Å². The number of halogens is 1. The van der Waals surface area contributed by atoms with Gasteiger partial charge in [0.05, 0.1) is 19.3 Å². The largest absolute Gasteiger partial charge is 0.497 e. The number of anilines is 2. The summed E-state index contributed by atoms with van der Waals surface area (Å²) in [5, 5.41) is 15.0. The molecule has 0 spiro atoms. The van der Waals surface area contributed by atoms with Crippen LogP contribution in [-0.2, 0) is 22.6 Å². The Morgan fingerprint density at radius 1 is 1.06 bits per heavy atom. The number of aromatic nitrogens is 3. The first kappa shape index (κ1) is 23.4. The number of hydrogen-bond acceptors (Lipinski definition) is 6. The quantitative estimate of drug-likeness (QED) is 0.342. The smallest absolute Gasteiger partial charge is 0.234 e. The number of nitrogens with one attached hydrogen (secondary N) is 2. The molecule has 0 unspecified atom stereocenters. The molecule has 0 aliphatic carbocycles. The van der Waals surface area contributed by atoms with E-state index >= 15 is 0 Å². The summed E-state index contributed by atoms with van der Waals surface area (Å²) in [4.78, 5) is 24.7. The number of nitrogens with zero attached hydrogens (tertiary/aromatic N) is 3. The van der Waals surface area contributed by atoms with Crippen LogP contribution in [0.5, 0.6) is 5.75 Å². The van der Waals surface area contributed by atoms with E-state index in [1.54, 1.807) is 66.3 Å². The molecule has 0 aliphatic rings. The molecule has 2 N–H and O–H groups in total. The maximum Gasteiger partial charge on any atom is 0.234 e. The maximum absolute atomic E-state index is 12.4. The Morgan fingerprint density at radius 3 is 2.31 bits per heavy atom. The molecule has 3 rings (SSSR count). The molecule has 2 amide bonds. The first-order chi connectivity index (χ1) is 15.5. The lowest BCUT2D eigenvalue weighted by molar-refractivity contribution is -0.116. The average Bonchev–Trinajstić information content (AvgIpc) is 3.16. The van der Waals surface area contributed by atoms with Gasteiger partial charge >= 0.3 is 0 Å². The van der Waals surface area contributed by atoms with Gasteiger partial charge in [-0.05, 0) is 48.5 Å². The van der Waals surface area contributed by atoms with Crippen LogP contribution < -0.4 is 15.4 Å². The lowest BCUT2D eigenvalue weighted by atomic mass is 10.3. The standard InChI is InChI=1S/C22H22ClN5O3S/c1-3-12-28-19(13-20(29)24-16-6-4-15(23)5-7-16)26-27-22(28)32-14-21(30)25-17-8-10-18(31-2)11-9-17/h3-11H,1,12-14H2,2H3,(H,24,29)(H,25,30). The average molecular weight is 472 g/mol. The SMILES string of the molecule is C=CCn1c(CC(=O)Nc2ccc(Cl)cc2)nnc1SCC(=O)Nc1ccc(OC)cc1. The number of thioether (sulfide) groups is 1. The summed E-state index contributed by atoms with van der Waals surface area (Å²) in [7, 11) is 1.58. The Labute approximate surface area is 195 Å². The maximum atomic E-state index is 12.4. The van der Waals surface area contributed by atoms with Crippen molar-refractivity contribution in [2.75, 3.05) is 23.5 Å². The topological polar surface area (TPSA) is 98.1 Å². The summed E-state index contributed by atoms with van der Waals surface area (Å²) in [6.07, 6.45) is 1.72. The van der Waals surface area contributed by atoms with Crippen LogP contribution >= 0.6 is 23.4 Å². The van der Waals surface area contributed by atoms with Crippen LogP contribution in [0.4, 0.5) is 11.4 Å². The van der Waals surface area contributed by atoms with Crippen molar-refractivity contribution < 1.29 is 14.3 Å². The molecule has 3 aromatic rings. The fourth-order valence-corrected chi connectivity index (χ4v) is 3.65. The monoisotopic (exact) mass is 471 g/mol. The van der Waals surface area contributed by atoms with Gasteiger partial charge in [0, 0.05) is 22.9 Å². The zero-order valence-corrected chi connectivity index (χ0v) is 18.9. The van der Waals surface area contributed by atoms with Crippen molar-refractivity contribution in [3.05, 3.63) is 72.0 Å². The molecular weight excluding hydrogens is 450 g/mol. The number of allylic oxidation sites excluding steroid dienone is 1. The van der Waals surface area contributed by atoms with Crippen LogP contribution in [0.1, 0.15) is 5.82 Å². The molecule has 0 aliphatic heterocycles. The fraction of sp³-hybridized carbons (Fsp3) is 0.182. The first-order valence-electron chi connectivity index (χ1n) is 9.63. The Morgan fingerprint density at radius 2 is 1.69 bits per heavy atom. The third kappa shape index (κ3) is 6.60. The molecule has 32 heavy (non-hydrogen) atoms. The molecule has 2 aromatic carbocycles. The summed E-state index contributed by atoms with van der Waals surface area (Å²) in [6.45, 7) is 4.17. The highest BCUT2D eigenvalue weighted by atomic mass is 35.5. The Kier molecular flexibility index (Phi) is 8.29. The number of carbonyl (C=O) groups is 2. The highest BCUT2D eigenvalue weighted by Gasteiger charge is 2.16. The van der Waals surface area contributed by atoms with Gasteiger partial charge in [-0.15, -0.1) is 16.8 Å². The van der Waals surface area contributed by atoms with Crippen molar-refractivity contribution >= 4 is 46.6 Å². The number of ether oxygens (including phenoxy) is 1. The van der Waals surface area contributed by atoms with E-state index in [9.17, 15) is 9.59 Å². The van der Waals surface area contributed by atoms with Crippen molar-refractivity contribution in [1.82, 2.24) is 14.8 Å². The Bertz CT molecular complexity index is 1080. The molecule has 0 fully saturated rings. The van der Waals surface area contributed by atoms with Crippen LogP contribution in [0.15, 0.2) is 66.3 Å².